The average molecular weight is 365 g/mol. The fraction of sp³-hybridized carbons (Fsp3) is 0.400. The fourth-order valence-corrected chi connectivity index (χ4v) is 2.00. The van der Waals surface area contributed by atoms with Gasteiger partial charge in [-0.15, -0.1) is 0 Å². The Balaban J connectivity index is 2.57. The number of alkyl halides is 3. The van der Waals surface area contributed by atoms with Crippen LogP contribution in [0.1, 0.15) is 5.56 Å². The van der Waals surface area contributed by atoms with E-state index in [0.717, 1.165) is 12.1 Å². The molecule has 122 valence electrons. The lowest BCUT2D eigenvalue weighted by Crippen LogP contribution is -2.54. The Kier molecular flexibility index (Phi) is 8.21. The quantitative estimate of drug-likeness (QED) is 0.444. The third-order valence-electron chi connectivity index (χ3n) is 2.75. The van der Waals surface area contributed by atoms with E-state index in [1.165, 1.54) is 6.08 Å². The monoisotopic (exact) mass is 363 g/mol. The maximum absolute atomic E-state index is 11.9. The molecule has 0 aliphatic heterocycles. The first-order valence-electron chi connectivity index (χ1n) is 6.77. The summed E-state index contributed by atoms with van der Waals surface area (Å²) in [5.74, 6) is -0.336. The second kappa shape index (κ2) is 9.38. The number of hydrogen-bond donors (Lipinski definition) is 2. The minimum absolute atomic E-state index is 0.336. The van der Waals surface area contributed by atoms with Gasteiger partial charge in [0.05, 0.1) is 0 Å². The summed E-state index contributed by atoms with van der Waals surface area (Å²) in [6, 6.07) is 9.48. The topological polar surface area (TPSA) is 44.4 Å². The molecule has 0 aliphatic carbocycles. The van der Waals surface area contributed by atoms with Crippen molar-refractivity contribution in [3.8, 4) is 0 Å². The van der Waals surface area contributed by atoms with Gasteiger partial charge in [-0.25, -0.2) is 0 Å². The molecule has 0 radical (unpaired) electrons. The molecule has 1 aromatic carbocycles. The van der Waals surface area contributed by atoms with Gasteiger partial charge in [0.2, 0.25) is 9.70 Å². The standard InChI is InChI=1S/C15H20Cl3N3O/c1-21(2)11-10-19-14(15(16,17)18)20-13(22)9-8-12-6-4-3-5-7-12/h3-9,14,19H,10-11H2,1-2H3,(H,20,22)/b9-8+/t14-/m1/s1. The highest BCUT2D eigenvalue weighted by atomic mass is 35.6. The van der Waals surface area contributed by atoms with Crippen LogP contribution in [0, 0.1) is 0 Å². The summed E-state index contributed by atoms with van der Waals surface area (Å²) in [6.45, 7) is 1.33. The van der Waals surface area contributed by atoms with Gasteiger partial charge in [0, 0.05) is 19.2 Å². The highest BCUT2D eigenvalue weighted by molar-refractivity contribution is 6.68. The van der Waals surface area contributed by atoms with Crippen molar-refractivity contribution >= 4 is 46.8 Å². The SMILES string of the molecule is CN(C)CCN[C@H](NC(=O)/C=C/c1ccccc1)C(Cl)(Cl)Cl. The number of nitrogens with zero attached hydrogens (tertiary/aromatic N) is 1. The molecule has 4 nitrogen and oxygen atoms in total. The first kappa shape index (κ1) is 19.3. The molecular weight excluding hydrogens is 345 g/mol. The highest BCUT2D eigenvalue weighted by Crippen LogP contribution is 2.28. The van der Waals surface area contributed by atoms with Crippen molar-refractivity contribution < 1.29 is 4.79 Å². The van der Waals surface area contributed by atoms with Crippen LogP contribution < -0.4 is 10.6 Å². The van der Waals surface area contributed by atoms with Gasteiger partial charge in [-0.3, -0.25) is 10.1 Å². The molecule has 7 heteroatoms. The van der Waals surface area contributed by atoms with Gasteiger partial charge in [0.25, 0.3) is 0 Å². The number of rotatable bonds is 7. The van der Waals surface area contributed by atoms with E-state index in [1.54, 1.807) is 6.08 Å². The molecule has 22 heavy (non-hydrogen) atoms. The Morgan fingerprint density at radius 3 is 2.45 bits per heavy atom. The first-order chi connectivity index (χ1) is 10.3. The summed E-state index contributed by atoms with van der Waals surface area (Å²) in [5, 5.41) is 5.67. The van der Waals surface area contributed by atoms with Crippen LogP contribution in [-0.4, -0.2) is 48.0 Å². The van der Waals surface area contributed by atoms with E-state index in [2.05, 4.69) is 10.6 Å². The minimum Gasteiger partial charge on any atom is -0.333 e. The Hall–Kier alpha value is -0.780. The zero-order chi connectivity index (χ0) is 16.6. The fourth-order valence-electron chi connectivity index (χ4n) is 1.61. The maximum atomic E-state index is 11.9. The van der Waals surface area contributed by atoms with Crippen molar-refractivity contribution in [2.45, 2.75) is 9.96 Å². The molecule has 0 fully saturated rings. The number of halogens is 3. The Morgan fingerprint density at radius 2 is 1.91 bits per heavy atom. The van der Waals surface area contributed by atoms with Crippen molar-refractivity contribution in [1.82, 2.24) is 15.5 Å². The smallest absolute Gasteiger partial charge is 0.245 e. The van der Waals surface area contributed by atoms with Crippen LogP contribution in [0.15, 0.2) is 36.4 Å². The molecule has 0 aromatic heterocycles. The van der Waals surface area contributed by atoms with Crippen LogP contribution in [0.2, 0.25) is 0 Å². The molecule has 1 rings (SSSR count). The molecule has 2 N–H and O–H groups in total. The molecule has 0 spiro atoms. The van der Waals surface area contributed by atoms with E-state index in [9.17, 15) is 4.79 Å². The molecule has 1 amide bonds. The molecule has 0 unspecified atom stereocenters. The molecule has 0 bridgehead atoms. The third-order valence-corrected chi connectivity index (χ3v) is 3.40. The lowest BCUT2D eigenvalue weighted by atomic mass is 10.2. The Labute approximate surface area is 146 Å². The van der Waals surface area contributed by atoms with Gasteiger partial charge in [-0.05, 0) is 25.7 Å². The van der Waals surface area contributed by atoms with Crippen molar-refractivity contribution in [3.05, 3.63) is 42.0 Å². The largest absolute Gasteiger partial charge is 0.333 e. The summed E-state index contributed by atoms with van der Waals surface area (Å²) in [7, 11) is 3.88. The normalized spacial score (nSPS) is 13.5. The number of benzene rings is 1. The molecule has 0 saturated carbocycles. The number of likely N-dealkylation sites (N-methyl/N-ethyl adjacent to an activating group) is 1. The summed E-state index contributed by atoms with van der Waals surface area (Å²) >= 11 is 17.7. The van der Waals surface area contributed by atoms with E-state index in [4.69, 9.17) is 34.8 Å². The molecule has 0 aliphatic rings. The van der Waals surface area contributed by atoms with Gasteiger partial charge in [-0.1, -0.05) is 65.1 Å². The molecule has 0 heterocycles. The average Bonchev–Trinajstić information content (AvgIpc) is 2.44. The van der Waals surface area contributed by atoms with Crippen molar-refractivity contribution in [3.63, 3.8) is 0 Å². The minimum atomic E-state index is -1.64. The van der Waals surface area contributed by atoms with Crippen LogP contribution in [-0.2, 0) is 4.79 Å². The predicted octanol–water partition coefficient (Wildman–Crippen LogP) is 2.66. The second-order valence-corrected chi connectivity index (χ2v) is 7.35. The Bertz CT molecular complexity index is 487. The van der Waals surface area contributed by atoms with Crippen molar-refractivity contribution in [2.24, 2.45) is 0 Å². The maximum Gasteiger partial charge on any atom is 0.245 e. The molecule has 0 saturated heterocycles. The van der Waals surface area contributed by atoms with Crippen LogP contribution >= 0.6 is 34.8 Å². The number of amides is 1. The van der Waals surface area contributed by atoms with Crippen molar-refractivity contribution in [2.75, 3.05) is 27.2 Å². The third kappa shape index (κ3) is 8.01. The zero-order valence-corrected chi connectivity index (χ0v) is 14.8. The summed E-state index contributed by atoms with van der Waals surface area (Å²) in [5.41, 5.74) is 0.920. The molecule has 1 atom stereocenters. The first-order valence-corrected chi connectivity index (χ1v) is 7.91. The van der Waals surface area contributed by atoms with E-state index in [-0.39, 0.29) is 5.91 Å². The van der Waals surface area contributed by atoms with Crippen LogP contribution in [0.5, 0.6) is 0 Å². The lowest BCUT2D eigenvalue weighted by Gasteiger charge is -2.26. The Morgan fingerprint density at radius 1 is 1.27 bits per heavy atom. The number of hydrogen-bond acceptors (Lipinski definition) is 3. The highest BCUT2D eigenvalue weighted by Gasteiger charge is 2.33. The zero-order valence-electron chi connectivity index (χ0n) is 12.5. The summed E-state index contributed by atoms with van der Waals surface area (Å²) in [4.78, 5) is 13.9. The number of carbonyl (C=O) groups is 1. The van der Waals surface area contributed by atoms with Gasteiger partial charge >= 0.3 is 0 Å². The van der Waals surface area contributed by atoms with Crippen LogP contribution in [0.4, 0.5) is 0 Å². The van der Waals surface area contributed by atoms with Gasteiger partial charge in [0.1, 0.15) is 6.17 Å². The number of carbonyl (C=O) groups excluding carboxylic acids is 1. The molecule has 1 aromatic rings. The van der Waals surface area contributed by atoms with E-state index < -0.39 is 9.96 Å². The predicted molar refractivity (Wildman–Crippen MR) is 94.3 cm³/mol. The van der Waals surface area contributed by atoms with E-state index >= 15 is 0 Å². The van der Waals surface area contributed by atoms with Crippen molar-refractivity contribution in [1.29, 1.82) is 0 Å². The number of nitrogens with one attached hydrogen (secondary N) is 2. The summed E-state index contributed by atoms with van der Waals surface area (Å²) < 4.78 is -1.64. The summed E-state index contributed by atoms with van der Waals surface area (Å²) in [6.07, 6.45) is 2.34. The lowest BCUT2D eigenvalue weighted by molar-refractivity contribution is -0.117. The van der Waals surface area contributed by atoms with E-state index in [1.807, 2.05) is 49.3 Å². The second-order valence-electron chi connectivity index (χ2n) is 4.98. The van der Waals surface area contributed by atoms with Crippen LogP contribution in [0.25, 0.3) is 6.08 Å². The van der Waals surface area contributed by atoms with Gasteiger partial charge < -0.3 is 10.2 Å². The molecular formula is C15H20Cl3N3O. The van der Waals surface area contributed by atoms with Gasteiger partial charge in [0.15, 0.2) is 0 Å². The van der Waals surface area contributed by atoms with Crippen LogP contribution in [0.3, 0.4) is 0 Å². The van der Waals surface area contributed by atoms with E-state index in [0.29, 0.717) is 6.54 Å². The van der Waals surface area contributed by atoms with Gasteiger partial charge in [-0.2, -0.15) is 0 Å².